The minimum Gasteiger partial charge on any atom is -0.484 e. The zero-order valence-electron chi connectivity index (χ0n) is 18.2. The highest BCUT2D eigenvalue weighted by Gasteiger charge is 2.42. The lowest BCUT2D eigenvalue weighted by atomic mass is 10.1. The van der Waals surface area contributed by atoms with Crippen molar-refractivity contribution in [2.75, 3.05) is 31.2 Å². The Balaban J connectivity index is 1.25. The molecule has 1 saturated heterocycles. The van der Waals surface area contributed by atoms with E-state index in [1.54, 1.807) is 35.1 Å². The van der Waals surface area contributed by atoms with Gasteiger partial charge in [0.1, 0.15) is 11.9 Å². The van der Waals surface area contributed by atoms with Crippen LogP contribution in [0.4, 0.5) is 0 Å². The third-order valence-electron chi connectivity index (χ3n) is 6.09. The second kappa shape index (κ2) is 10.2. The summed E-state index contributed by atoms with van der Waals surface area (Å²) in [7, 11) is -2.93. The summed E-state index contributed by atoms with van der Waals surface area (Å²) >= 11 is 0. The number of sulfone groups is 1. The van der Waals surface area contributed by atoms with E-state index in [0.717, 1.165) is 0 Å². The number of aliphatic hydroxyl groups excluding tert-OH is 2. The van der Waals surface area contributed by atoms with Crippen molar-refractivity contribution in [1.29, 1.82) is 0 Å². The molecule has 2 aliphatic rings. The summed E-state index contributed by atoms with van der Waals surface area (Å²) in [6, 6.07) is 8.37. The van der Waals surface area contributed by atoms with Crippen molar-refractivity contribution in [1.82, 2.24) is 25.2 Å². The molecule has 1 amide bonds. The predicted octanol–water partition coefficient (Wildman–Crippen LogP) is -1.19. The number of benzene rings is 1. The molecule has 1 saturated carbocycles. The summed E-state index contributed by atoms with van der Waals surface area (Å²) < 4.78 is 30.2. The van der Waals surface area contributed by atoms with Crippen LogP contribution in [0.5, 0.6) is 5.75 Å². The Morgan fingerprint density at radius 2 is 1.88 bits per heavy atom. The molecular weight excluding hydrogens is 450 g/mol. The van der Waals surface area contributed by atoms with Gasteiger partial charge in [-0.25, -0.2) is 8.42 Å². The molecule has 12 heteroatoms. The van der Waals surface area contributed by atoms with E-state index in [-0.39, 0.29) is 29.9 Å². The second-order valence-corrected chi connectivity index (χ2v) is 10.9. The largest absolute Gasteiger partial charge is 0.484 e. The van der Waals surface area contributed by atoms with Crippen LogP contribution >= 0.6 is 0 Å². The highest BCUT2D eigenvalue weighted by atomic mass is 32.2. The molecule has 2 heterocycles. The maximum Gasteiger partial charge on any atom is 0.258 e. The first kappa shape index (κ1) is 23.6. The number of hydrogen-bond acceptors (Lipinski definition) is 9. The molecule has 1 aromatic carbocycles. The highest BCUT2D eigenvalue weighted by molar-refractivity contribution is 7.91. The molecule has 0 radical (unpaired) electrons. The minimum atomic E-state index is -2.93. The van der Waals surface area contributed by atoms with Crippen molar-refractivity contribution in [2.45, 2.75) is 37.8 Å². The number of aliphatic hydroxyl groups is 2. The van der Waals surface area contributed by atoms with Gasteiger partial charge in [-0.2, -0.15) is 0 Å². The van der Waals surface area contributed by atoms with E-state index in [0.29, 0.717) is 44.0 Å². The van der Waals surface area contributed by atoms with Crippen LogP contribution in [-0.4, -0.2) is 93.9 Å². The normalized spacial score (nSPS) is 27.3. The molecule has 2 fully saturated rings. The van der Waals surface area contributed by atoms with Gasteiger partial charge in [-0.1, -0.05) is 23.4 Å². The minimum absolute atomic E-state index is 0.150. The predicted molar refractivity (Wildman–Crippen MR) is 118 cm³/mol. The van der Waals surface area contributed by atoms with E-state index in [2.05, 4.69) is 15.6 Å². The number of carbonyl (C=O) groups is 1. The molecule has 2 aromatic rings. The average Bonchev–Trinajstić information content (AvgIpc) is 3.34. The van der Waals surface area contributed by atoms with Crippen LogP contribution in [0.1, 0.15) is 12.1 Å². The van der Waals surface area contributed by atoms with E-state index in [4.69, 9.17) is 4.74 Å². The number of carbonyl (C=O) groups excluding carboxylic acids is 1. The van der Waals surface area contributed by atoms with Crippen molar-refractivity contribution in [2.24, 2.45) is 5.92 Å². The summed E-state index contributed by atoms with van der Waals surface area (Å²) in [4.78, 5) is 14.2. The van der Waals surface area contributed by atoms with Crippen molar-refractivity contribution < 1.29 is 28.2 Å². The molecule has 3 N–H and O–H groups in total. The Morgan fingerprint density at radius 1 is 1.15 bits per heavy atom. The third kappa shape index (κ3) is 6.28. The Bertz CT molecular complexity index is 1030. The number of aromatic nitrogens is 3. The Kier molecular flexibility index (Phi) is 7.27. The van der Waals surface area contributed by atoms with E-state index in [1.807, 2.05) is 11.0 Å². The maximum absolute atomic E-state index is 12.2. The molecule has 1 aliphatic heterocycles. The van der Waals surface area contributed by atoms with Gasteiger partial charge in [0.15, 0.2) is 16.4 Å². The number of nitrogens with one attached hydrogen (secondary N) is 1. The van der Waals surface area contributed by atoms with E-state index in [1.165, 1.54) is 0 Å². The maximum atomic E-state index is 12.2. The third-order valence-corrected chi connectivity index (χ3v) is 7.70. The van der Waals surface area contributed by atoms with Gasteiger partial charge in [0, 0.05) is 38.3 Å². The van der Waals surface area contributed by atoms with Crippen LogP contribution in [0.3, 0.4) is 0 Å². The highest BCUT2D eigenvalue weighted by Crippen LogP contribution is 2.28. The molecule has 0 bridgehead atoms. The molecule has 180 valence electrons. The SMILES string of the molecule is O=C(COc1ccccc1)N[C@@H]1C[C@H](Cn2cc(CN3CCS(=O)(=O)CC3)nn2)[C@@H](O)[C@H]1O. The first-order chi connectivity index (χ1) is 15.8. The lowest BCUT2D eigenvalue weighted by Gasteiger charge is -2.25. The molecule has 33 heavy (non-hydrogen) atoms. The van der Waals surface area contributed by atoms with Crippen LogP contribution in [0.15, 0.2) is 36.5 Å². The molecule has 4 rings (SSSR count). The lowest BCUT2D eigenvalue weighted by molar-refractivity contribution is -0.124. The van der Waals surface area contributed by atoms with E-state index < -0.39 is 28.1 Å². The molecule has 0 spiro atoms. The fraction of sp³-hybridized carbons (Fsp3) is 0.571. The van der Waals surface area contributed by atoms with Crippen molar-refractivity contribution in [3.05, 3.63) is 42.2 Å². The summed E-state index contributed by atoms with van der Waals surface area (Å²) in [5, 5.41) is 31.8. The summed E-state index contributed by atoms with van der Waals surface area (Å²) in [5.41, 5.74) is 0.713. The van der Waals surface area contributed by atoms with Crippen LogP contribution in [-0.2, 0) is 27.7 Å². The quantitative estimate of drug-likeness (QED) is 0.425. The molecule has 0 unspecified atom stereocenters. The van der Waals surface area contributed by atoms with Gasteiger partial charge in [-0.3, -0.25) is 14.4 Å². The van der Waals surface area contributed by atoms with Gasteiger partial charge in [0.2, 0.25) is 0 Å². The fourth-order valence-corrected chi connectivity index (χ4v) is 5.52. The Hall–Kier alpha value is -2.54. The van der Waals surface area contributed by atoms with Crippen LogP contribution in [0.25, 0.3) is 0 Å². The van der Waals surface area contributed by atoms with E-state index in [9.17, 15) is 23.4 Å². The second-order valence-electron chi connectivity index (χ2n) is 8.61. The number of amides is 1. The topological polar surface area (TPSA) is 147 Å². The number of hydrogen-bond donors (Lipinski definition) is 3. The monoisotopic (exact) mass is 479 g/mol. The van der Waals surface area contributed by atoms with Gasteiger partial charge in [-0.05, 0) is 18.6 Å². The standard InChI is InChI=1S/C21H29N5O6S/c27-19(14-32-17-4-2-1-3-5-17)22-18-10-15(20(28)21(18)29)11-26-13-16(23-24-26)12-25-6-8-33(30,31)9-7-25/h1-5,13,15,18,20-21,28-29H,6-12,14H2,(H,22,27)/t15-,18-,20-,21+/m1/s1. The van der Waals surface area contributed by atoms with Crippen LogP contribution in [0, 0.1) is 5.92 Å². The van der Waals surface area contributed by atoms with Gasteiger partial charge in [0.25, 0.3) is 5.91 Å². The van der Waals surface area contributed by atoms with E-state index >= 15 is 0 Å². The Morgan fingerprint density at radius 3 is 2.61 bits per heavy atom. The molecule has 1 aliphatic carbocycles. The van der Waals surface area contributed by atoms with Crippen LogP contribution in [0.2, 0.25) is 0 Å². The smallest absolute Gasteiger partial charge is 0.258 e. The van der Waals surface area contributed by atoms with Gasteiger partial charge in [-0.15, -0.1) is 5.10 Å². The van der Waals surface area contributed by atoms with Gasteiger partial charge < -0.3 is 20.3 Å². The fourth-order valence-electron chi connectivity index (χ4n) is 4.24. The molecule has 11 nitrogen and oxygen atoms in total. The number of nitrogens with zero attached hydrogens (tertiary/aromatic N) is 4. The molecule has 1 aromatic heterocycles. The van der Waals surface area contributed by atoms with Gasteiger partial charge >= 0.3 is 0 Å². The number of ether oxygens (including phenoxy) is 1. The Labute approximate surface area is 192 Å². The van der Waals surface area contributed by atoms with Crippen molar-refractivity contribution >= 4 is 15.7 Å². The zero-order chi connectivity index (χ0) is 23.4. The zero-order valence-corrected chi connectivity index (χ0v) is 19.0. The summed E-state index contributed by atoms with van der Waals surface area (Å²) in [5.74, 6) is 0.191. The molecular formula is C21H29N5O6S. The number of para-hydroxylation sites is 1. The first-order valence-electron chi connectivity index (χ1n) is 10.9. The summed E-state index contributed by atoms with van der Waals surface area (Å²) in [6.07, 6.45) is 0.0553. The lowest BCUT2D eigenvalue weighted by Crippen LogP contribution is -2.44. The van der Waals surface area contributed by atoms with Crippen molar-refractivity contribution in [3.63, 3.8) is 0 Å². The number of rotatable bonds is 8. The van der Waals surface area contributed by atoms with Crippen LogP contribution < -0.4 is 10.1 Å². The first-order valence-corrected chi connectivity index (χ1v) is 12.8. The average molecular weight is 480 g/mol. The van der Waals surface area contributed by atoms with Crippen molar-refractivity contribution in [3.8, 4) is 5.75 Å². The molecule has 4 atom stereocenters. The summed E-state index contributed by atoms with van der Waals surface area (Å²) in [6.45, 7) is 1.60. The van der Waals surface area contributed by atoms with Gasteiger partial charge in [0.05, 0.1) is 29.3 Å².